The summed E-state index contributed by atoms with van der Waals surface area (Å²) in [5.74, 6) is -0.642. The van der Waals surface area contributed by atoms with Crippen molar-refractivity contribution in [3.05, 3.63) is 4.91 Å². The predicted molar refractivity (Wildman–Crippen MR) is 53.8 cm³/mol. The van der Waals surface area contributed by atoms with E-state index in [1.165, 1.54) is 0 Å². The minimum atomic E-state index is -0.858. The molecule has 0 saturated carbocycles. The van der Waals surface area contributed by atoms with Crippen LogP contribution in [0.4, 0.5) is 0 Å². The fourth-order valence-corrected chi connectivity index (χ4v) is 1.60. The smallest absolute Gasteiger partial charge is 0.236 e. The summed E-state index contributed by atoms with van der Waals surface area (Å²) in [6, 6.07) is -0.828. The SMILES string of the molecule is NC(=O)C(CO)NCC1(N=O)CCCN1. The van der Waals surface area contributed by atoms with Crippen LogP contribution in [-0.2, 0) is 4.79 Å². The normalized spacial score (nSPS) is 27.5. The summed E-state index contributed by atoms with van der Waals surface area (Å²) in [5.41, 5.74) is 4.17. The average Bonchev–Trinajstić information content (AvgIpc) is 2.68. The van der Waals surface area contributed by atoms with E-state index in [1.54, 1.807) is 0 Å². The standard InChI is InChI=1S/C8H16N4O3/c9-7(14)6(4-13)10-5-8(12-15)2-1-3-11-8/h6,10-11,13H,1-5H2,(H2,9,14). The van der Waals surface area contributed by atoms with E-state index in [-0.39, 0.29) is 13.2 Å². The van der Waals surface area contributed by atoms with Gasteiger partial charge in [-0.2, -0.15) is 0 Å². The zero-order valence-corrected chi connectivity index (χ0v) is 8.40. The molecule has 7 heteroatoms. The minimum absolute atomic E-state index is 0.199. The van der Waals surface area contributed by atoms with Crippen molar-refractivity contribution in [3.63, 3.8) is 0 Å². The molecule has 1 heterocycles. The zero-order chi connectivity index (χ0) is 11.3. The van der Waals surface area contributed by atoms with Crippen LogP contribution in [0.3, 0.4) is 0 Å². The van der Waals surface area contributed by atoms with E-state index in [0.29, 0.717) is 6.42 Å². The molecule has 0 aromatic heterocycles. The fraction of sp³-hybridized carbons (Fsp3) is 0.875. The van der Waals surface area contributed by atoms with Gasteiger partial charge in [-0.25, -0.2) is 0 Å². The summed E-state index contributed by atoms with van der Waals surface area (Å²) in [7, 11) is 0. The maximum atomic E-state index is 10.8. The van der Waals surface area contributed by atoms with Crippen LogP contribution in [0.5, 0.6) is 0 Å². The van der Waals surface area contributed by atoms with Gasteiger partial charge < -0.3 is 16.2 Å². The summed E-state index contributed by atoms with van der Waals surface area (Å²) in [4.78, 5) is 21.5. The summed E-state index contributed by atoms with van der Waals surface area (Å²) in [5, 5.41) is 17.5. The van der Waals surface area contributed by atoms with Crippen molar-refractivity contribution in [2.24, 2.45) is 10.9 Å². The lowest BCUT2D eigenvalue weighted by Gasteiger charge is -2.23. The van der Waals surface area contributed by atoms with Gasteiger partial charge in [-0.05, 0) is 24.6 Å². The highest BCUT2D eigenvalue weighted by Gasteiger charge is 2.35. The number of nitroso groups, excluding NO2 is 1. The van der Waals surface area contributed by atoms with Gasteiger partial charge in [0.2, 0.25) is 5.91 Å². The van der Waals surface area contributed by atoms with Gasteiger partial charge in [0.1, 0.15) is 6.04 Å². The van der Waals surface area contributed by atoms with Gasteiger partial charge in [0.25, 0.3) is 0 Å². The maximum Gasteiger partial charge on any atom is 0.236 e. The molecule has 0 aromatic rings. The highest BCUT2D eigenvalue weighted by atomic mass is 16.3. The number of carbonyl (C=O) groups is 1. The molecule has 2 atom stereocenters. The summed E-state index contributed by atoms with van der Waals surface area (Å²) in [6.07, 6.45) is 1.49. The highest BCUT2D eigenvalue weighted by molar-refractivity contribution is 5.79. The molecular formula is C8H16N4O3. The number of aliphatic hydroxyl groups is 1. The Hall–Kier alpha value is -1.05. The summed E-state index contributed by atoms with van der Waals surface area (Å²) >= 11 is 0. The second-order valence-corrected chi connectivity index (χ2v) is 3.67. The molecule has 15 heavy (non-hydrogen) atoms. The van der Waals surface area contributed by atoms with Gasteiger partial charge in [-0.3, -0.25) is 10.1 Å². The van der Waals surface area contributed by atoms with Gasteiger partial charge in [0.05, 0.1) is 6.61 Å². The number of hydrogen-bond acceptors (Lipinski definition) is 6. The number of rotatable bonds is 6. The van der Waals surface area contributed by atoms with Gasteiger partial charge in [-0.15, -0.1) is 4.91 Å². The Morgan fingerprint density at radius 3 is 2.87 bits per heavy atom. The maximum absolute atomic E-state index is 10.8. The lowest BCUT2D eigenvalue weighted by molar-refractivity contribution is -0.120. The van der Waals surface area contributed by atoms with Gasteiger partial charge in [-0.1, -0.05) is 0 Å². The molecule has 1 aliphatic heterocycles. The zero-order valence-electron chi connectivity index (χ0n) is 8.40. The Morgan fingerprint density at radius 2 is 2.47 bits per heavy atom. The van der Waals surface area contributed by atoms with Crippen LogP contribution in [0.25, 0.3) is 0 Å². The minimum Gasteiger partial charge on any atom is -0.394 e. The van der Waals surface area contributed by atoms with E-state index < -0.39 is 17.6 Å². The molecule has 86 valence electrons. The quantitative estimate of drug-likeness (QED) is 0.393. The van der Waals surface area contributed by atoms with Crippen LogP contribution >= 0.6 is 0 Å². The van der Waals surface area contributed by atoms with Crippen molar-refractivity contribution < 1.29 is 9.90 Å². The first-order chi connectivity index (χ1) is 7.13. The fourth-order valence-electron chi connectivity index (χ4n) is 1.60. The van der Waals surface area contributed by atoms with Gasteiger partial charge in [0.15, 0.2) is 5.66 Å². The van der Waals surface area contributed by atoms with Crippen molar-refractivity contribution >= 4 is 5.91 Å². The third-order valence-corrected chi connectivity index (χ3v) is 2.56. The number of primary amides is 1. The Kier molecular flexibility index (Phi) is 4.13. The molecule has 1 fully saturated rings. The first kappa shape index (κ1) is 12.0. The number of nitrogens with two attached hydrogens (primary N) is 1. The molecule has 7 nitrogen and oxygen atoms in total. The molecule has 1 saturated heterocycles. The number of nitrogens with zero attached hydrogens (tertiary/aromatic N) is 1. The topological polar surface area (TPSA) is 117 Å². The van der Waals surface area contributed by atoms with Crippen LogP contribution in [0.1, 0.15) is 12.8 Å². The van der Waals surface area contributed by atoms with Crippen molar-refractivity contribution in [2.75, 3.05) is 19.7 Å². The van der Waals surface area contributed by atoms with Gasteiger partial charge in [0, 0.05) is 6.54 Å². The number of amides is 1. The van der Waals surface area contributed by atoms with E-state index >= 15 is 0 Å². The molecule has 0 aromatic carbocycles. The van der Waals surface area contributed by atoms with Crippen molar-refractivity contribution in [1.29, 1.82) is 0 Å². The van der Waals surface area contributed by atoms with E-state index in [0.717, 1.165) is 13.0 Å². The van der Waals surface area contributed by atoms with Crippen molar-refractivity contribution in [1.82, 2.24) is 10.6 Å². The third-order valence-electron chi connectivity index (χ3n) is 2.56. The van der Waals surface area contributed by atoms with E-state index in [1.807, 2.05) is 0 Å². The largest absolute Gasteiger partial charge is 0.394 e. The monoisotopic (exact) mass is 216 g/mol. The molecule has 0 radical (unpaired) electrons. The lowest BCUT2D eigenvalue weighted by Crippen LogP contribution is -2.53. The van der Waals surface area contributed by atoms with Crippen LogP contribution in [0, 0.1) is 4.91 Å². The molecule has 2 unspecified atom stereocenters. The Bertz CT molecular complexity index is 240. The number of aliphatic hydroxyl groups excluding tert-OH is 1. The third kappa shape index (κ3) is 2.95. The summed E-state index contributed by atoms with van der Waals surface area (Å²) < 4.78 is 0. The van der Waals surface area contributed by atoms with Crippen LogP contribution in [0.15, 0.2) is 5.18 Å². The Labute approximate surface area is 87.4 Å². The summed E-state index contributed by atoms with van der Waals surface area (Å²) in [6.45, 7) is 0.544. The molecule has 5 N–H and O–H groups in total. The number of carbonyl (C=O) groups excluding carboxylic acids is 1. The average molecular weight is 216 g/mol. The predicted octanol–water partition coefficient (Wildman–Crippen LogP) is -1.73. The highest BCUT2D eigenvalue weighted by Crippen LogP contribution is 2.19. The van der Waals surface area contributed by atoms with Gasteiger partial charge >= 0.3 is 0 Å². The van der Waals surface area contributed by atoms with Crippen LogP contribution < -0.4 is 16.4 Å². The van der Waals surface area contributed by atoms with Crippen LogP contribution in [-0.4, -0.2) is 42.4 Å². The number of nitrogens with one attached hydrogen (secondary N) is 2. The molecular weight excluding hydrogens is 200 g/mol. The number of hydrogen-bond donors (Lipinski definition) is 4. The lowest BCUT2D eigenvalue weighted by atomic mass is 10.1. The van der Waals surface area contributed by atoms with E-state index in [9.17, 15) is 9.70 Å². The Balaban J connectivity index is 2.46. The molecule has 0 bridgehead atoms. The second-order valence-electron chi connectivity index (χ2n) is 3.67. The molecule has 1 amide bonds. The van der Waals surface area contributed by atoms with Crippen molar-refractivity contribution in [2.45, 2.75) is 24.5 Å². The first-order valence-corrected chi connectivity index (χ1v) is 4.87. The molecule has 1 rings (SSSR count). The van der Waals surface area contributed by atoms with E-state index in [4.69, 9.17) is 10.8 Å². The molecule has 1 aliphatic rings. The Morgan fingerprint density at radius 1 is 1.73 bits per heavy atom. The van der Waals surface area contributed by atoms with E-state index in [2.05, 4.69) is 15.8 Å². The van der Waals surface area contributed by atoms with Crippen LogP contribution in [0.2, 0.25) is 0 Å². The molecule has 0 spiro atoms. The first-order valence-electron chi connectivity index (χ1n) is 4.87. The van der Waals surface area contributed by atoms with Crippen molar-refractivity contribution in [3.8, 4) is 0 Å². The molecule has 0 aliphatic carbocycles. The second kappa shape index (κ2) is 5.15.